The quantitative estimate of drug-likeness (QED) is 0.889. The van der Waals surface area contributed by atoms with E-state index in [1.807, 2.05) is 0 Å². The third kappa shape index (κ3) is 2.87. The fourth-order valence-electron chi connectivity index (χ4n) is 2.36. The van der Waals surface area contributed by atoms with E-state index in [1.54, 1.807) is 0 Å². The van der Waals surface area contributed by atoms with Gasteiger partial charge in [0.15, 0.2) is 0 Å². The zero-order valence-electron chi connectivity index (χ0n) is 11.8. The molecule has 2 heterocycles. The first kappa shape index (κ1) is 15.0. The zero-order chi connectivity index (χ0) is 16.6. The first-order valence-corrected chi connectivity index (χ1v) is 6.77. The summed E-state index contributed by atoms with van der Waals surface area (Å²) in [7, 11) is 0. The van der Waals surface area contributed by atoms with Crippen molar-refractivity contribution in [3.05, 3.63) is 58.7 Å². The lowest BCUT2D eigenvalue weighted by atomic mass is 10.1. The Morgan fingerprint density at radius 2 is 2.09 bits per heavy atom. The Balaban J connectivity index is 1.87. The highest BCUT2D eigenvalue weighted by atomic mass is 19.1. The predicted octanol–water partition coefficient (Wildman–Crippen LogP) is 0.852. The third-order valence-corrected chi connectivity index (χ3v) is 3.53. The number of hydrogen-bond acceptors (Lipinski definition) is 4. The van der Waals surface area contributed by atoms with E-state index in [4.69, 9.17) is 5.73 Å². The van der Waals surface area contributed by atoms with E-state index in [0.29, 0.717) is 30.3 Å². The summed E-state index contributed by atoms with van der Waals surface area (Å²) in [6, 6.07) is 2.78. The highest BCUT2D eigenvalue weighted by Crippen LogP contribution is 2.20. The van der Waals surface area contributed by atoms with Gasteiger partial charge in [-0.1, -0.05) is 0 Å². The van der Waals surface area contributed by atoms with Crippen LogP contribution in [-0.4, -0.2) is 33.2 Å². The average Bonchev–Trinajstić information content (AvgIpc) is 2.53. The lowest BCUT2D eigenvalue weighted by Gasteiger charge is -2.28. The Morgan fingerprint density at radius 3 is 2.78 bits per heavy atom. The Labute approximate surface area is 130 Å². The number of fused-ring (bicyclic) bond motifs is 1. The molecule has 0 bridgehead atoms. The summed E-state index contributed by atoms with van der Waals surface area (Å²) < 4.78 is 26.7. The molecule has 1 aromatic heterocycles. The number of benzene rings is 1. The van der Waals surface area contributed by atoms with Crippen molar-refractivity contribution in [3.8, 4) is 0 Å². The van der Waals surface area contributed by atoms with Gasteiger partial charge >= 0.3 is 0 Å². The Morgan fingerprint density at radius 1 is 1.30 bits per heavy atom. The van der Waals surface area contributed by atoms with Gasteiger partial charge in [0.25, 0.3) is 11.8 Å². The largest absolute Gasteiger partial charge is 0.363 e. The Hall–Kier alpha value is -2.90. The first-order valence-electron chi connectivity index (χ1n) is 6.77. The van der Waals surface area contributed by atoms with Gasteiger partial charge in [-0.2, -0.15) is 0 Å². The van der Waals surface area contributed by atoms with Gasteiger partial charge in [0, 0.05) is 18.2 Å². The van der Waals surface area contributed by atoms with Gasteiger partial charge in [-0.05, 0) is 18.6 Å². The SMILES string of the molecule is NC(=O)c1n[c]c2c(n1)CN(C(=O)c1ccc(F)cc1F)CC2. The van der Waals surface area contributed by atoms with Crippen LogP contribution in [0.1, 0.15) is 32.2 Å². The van der Waals surface area contributed by atoms with E-state index in [2.05, 4.69) is 16.2 Å². The van der Waals surface area contributed by atoms with Crippen molar-refractivity contribution in [3.63, 3.8) is 0 Å². The standard InChI is InChI=1S/C15H11F2N4O2/c16-9-1-2-10(11(17)5-9)15(23)21-4-3-8-6-19-14(13(18)22)20-12(8)7-21/h1-2,5H,3-4,7H2,(H2,18,22). The Bertz CT molecular complexity index is 810. The van der Waals surface area contributed by atoms with Gasteiger partial charge in [0.05, 0.1) is 24.0 Å². The number of carbonyl (C=O) groups excluding carboxylic acids is 2. The average molecular weight is 317 g/mol. The van der Waals surface area contributed by atoms with Crippen molar-refractivity contribution >= 4 is 11.8 Å². The van der Waals surface area contributed by atoms with E-state index < -0.39 is 23.4 Å². The summed E-state index contributed by atoms with van der Waals surface area (Å²) in [5.41, 5.74) is 6.02. The molecular formula is C15H11F2N4O2. The molecule has 1 aliphatic heterocycles. The van der Waals surface area contributed by atoms with Crippen LogP contribution >= 0.6 is 0 Å². The molecule has 1 aromatic carbocycles. The maximum Gasteiger partial charge on any atom is 0.286 e. The fraction of sp³-hybridized carbons (Fsp3) is 0.200. The van der Waals surface area contributed by atoms with Gasteiger partial charge in [-0.25, -0.2) is 18.7 Å². The molecule has 0 unspecified atom stereocenters. The highest BCUT2D eigenvalue weighted by Gasteiger charge is 2.26. The summed E-state index contributed by atoms with van der Waals surface area (Å²) in [5, 5.41) is 0. The van der Waals surface area contributed by atoms with E-state index in [9.17, 15) is 18.4 Å². The molecule has 0 saturated carbocycles. The Kier molecular flexibility index (Phi) is 3.73. The van der Waals surface area contributed by atoms with Crippen LogP contribution in [0.15, 0.2) is 18.2 Å². The van der Waals surface area contributed by atoms with Crippen molar-refractivity contribution in [2.75, 3.05) is 6.54 Å². The van der Waals surface area contributed by atoms with Crippen LogP contribution in [0, 0.1) is 17.8 Å². The second-order valence-corrected chi connectivity index (χ2v) is 5.05. The highest BCUT2D eigenvalue weighted by molar-refractivity contribution is 5.94. The molecule has 0 fully saturated rings. The molecule has 3 rings (SSSR count). The van der Waals surface area contributed by atoms with Crippen LogP contribution in [0.5, 0.6) is 0 Å². The van der Waals surface area contributed by atoms with Gasteiger partial charge in [-0.15, -0.1) is 0 Å². The number of primary amides is 1. The number of aromatic nitrogens is 2. The van der Waals surface area contributed by atoms with Gasteiger partial charge < -0.3 is 10.6 Å². The smallest absolute Gasteiger partial charge is 0.286 e. The predicted molar refractivity (Wildman–Crippen MR) is 74.2 cm³/mol. The fourth-order valence-corrected chi connectivity index (χ4v) is 2.36. The molecule has 0 saturated heterocycles. The van der Waals surface area contributed by atoms with E-state index in [1.165, 1.54) is 4.90 Å². The second-order valence-electron chi connectivity index (χ2n) is 5.05. The summed E-state index contributed by atoms with van der Waals surface area (Å²) in [5.74, 6) is -3.24. The van der Waals surface area contributed by atoms with Gasteiger partial charge in [-0.3, -0.25) is 9.59 Å². The van der Waals surface area contributed by atoms with Gasteiger partial charge in [0.1, 0.15) is 11.6 Å². The lowest BCUT2D eigenvalue weighted by Crippen LogP contribution is -2.37. The number of rotatable bonds is 2. The molecule has 1 radical (unpaired) electrons. The molecule has 0 spiro atoms. The van der Waals surface area contributed by atoms with Crippen LogP contribution in [-0.2, 0) is 13.0 Å². The molecule has 2 aromatic rings. The van der Waals surface area contributed by atoms with Crippen LogP contribution in [0.4, 0.5) is 8.78 Å². The van der Waals surface area contributed by atoms with Crippen molar-refractivity contribution in [2.24, 2.45) is 5.73 Å². The maximum absolute atomic E-state index is 13.7. The number of hydrogen-bond donors (Lipinski definition) is 1. The maximum atomic E-state index is 13.7. The molecule has 0 aliphatic carbocycles. The number of nitrogens with zero attached hydrogens (tertiary/aromatic N) is 3. The molecule has 23 heavy (non-hydrogen) atoms. The van der Waals surface area contributed by atoms with Gasteiger partial charge in [0.2, 0.25) is 5.82 Å². The molecule has 1 aliphatic rings. The summed E-state index contributed by atoms with van der Waals surface area (Å²) >= 11 is 0. The van der Waals surface area contributed by atoms with Crippen LogP contribution in [0.25, 0.3) is 0 Å². The normalized spacial score (nSPS) is 13.6. The first-order chi connectivity index (χ1) is 11.0. The molecule has 0 atom stereocenters. The minimum absolute atomic E-state index is 0.0737. The molecule has 2 N–H and O–H groups in total. The van der Waals surface area contributed by atoms with Crippen molar-refractivity contribution in [1.29, 1.82) is 0 Å². The summed E-state index contributed by atoms with van der Waals surface area (Å²) in [4.78, 5) is 32.6. The monoisotopic (exact) mass is 317 g/mol. The molecule has 8 heteroatoms. The summed E-state index contributed by atoms with van der Waals surface area (Å²) in [6.45, 7) is 0.392. The minimum atomic E-state index is -0.923. The third-order valence-electron chi connectivity index (χ3n) is 3.53. The minimum Gasteiger partial charge on any atom is -0.363 e. The molecule has 2 amide bonds. The van der Waals surface area contributed by atoms with Crippen molar-refractivity contribution in [1.82, 2.24) is 14.9 Å². The molecule has 6 nitrogen and oxygen atoms in total. The van der Waals surface area contributed by atoms with Crippen molar-refractivity contribution < 1.29 is 18.4 Å². The molecule has 117 valence electrons. The summed E-state index contributed by atoms with van der Waals surface area (Å²) in [6.07, 6.45) is 3.10. The van der Waals surface area contributed by atoms with Crippen LogP contribution in [0.3, 0.4) is 0 Å². The zero-order valence-corrected chi connectivity index (χ0v) is 11.8. The lowest BCUT2D eigenvalue weighted by molar-refractivity contribution is 0.0726. The number of amides is 2. The van der Waals surface area contributed by atoms with Crippen LogP contribution < -0.4 is 5.73 Å². The number of halogens is 2. The molecular weight excluding hydrogens is 306 g/mol. The van der Waals surface area contributed by atoms with Crippen LogP contribution in [0.2, 0.25) is 0 Å². The number of carbonyl (C=O) groups is 2. The second kappa shape index (κ2) is 5.71. The van der Waals surface area contributed by atoms with E-state index in [0.717, 1.165) is 12.1 Å². The van der Waals surface area contributed by atoms with E-state index >= 15 is 0 Å². The van der Waals surface area contributed by atoms with E-state index in [-0.39, 0.29) is 17.9 Å². The van der Waals surface area contributed by atoms with Crippen molar-refractivity contribution in [2.45, 2.75) is 13.0 Å². The number of nitrogens with two attached hydrogens (primary N) is 1. The topological polar surface area (TPSA) is 89.2 Å².